The van der Waals surface area contributed by atoms with E-state index in [0.29, 0.717) is 5.88 Å². The number of aromatic nitrogens is 1. The highest BCUT2D eigenvalue weighted by Gasteiger charge is 2.06. The van der Waals surface area contributed by atoms with E-state index in [1.54, 1.807) is 11.8 Å². The van der Waals surface area contributed by atoms with E-state index in [4.69, 9.17) is 4.74 Å². The van der Waals surface area contributed by atoms with E-state index in [1.807, 2.05) is 37.4 Å². The number of nitrogens with zero attached hydrogens (tertiary/aromatic N) is 1. The SMILES string of the molecule is CCCNCc1ccc(Oc2ccccc2SC)nc1C. The van der Waals surface area contributed by atoms with E-state index >= 15 is 0 Å². The first-order valence-electron chi connectivity index (χ1n) is 7.22. The first-order valence-corrected chi connectivity index (χ1v) is 8.45. The summed E-state index contributed by atoms with van der Waals surface area (Å²) >= 11 is 1.67. The van der Waals surface area contributed by atoms with Crippen LogP contribution in [0.15, 0.2) is 41.3 Å². The summed E-state index contributed by atoms with van der Waals surface area (Å²) < 4.78 is 5.91. The number of thioether (sulfide) groups is 1. The van der Waals surface area contributed by atoms with Crippen LogP contribution in [-0.2, 0) is 6.54 Å². The van der Waals surface area contributed by atoms with Crippen LogP contribution in [0, 0.1) is 6.92 Å². The minimum Gasteiger partial charge on any atom is -0.438 e. The molecule has 4 heteroatoms. The molecule has 2 rings (SSSR count). The van der Waals surface area contributed by atoms with E-state index < -0.39 is 0 Å². The number of rotatable bonds is 7. The molecule has 1 aromatic heterocycles. The molecule has 0 spiro atoms. The van der Waals surface area contributed by atoms with Gasteiger partial charge in [0.05, 0.1) is 0 Å². The zero-order chi connectivity index (χ0) is 15.1. The summed E-state index contributed by atoms with van der Waals surface area (Å²) in [7, 11) is 0. The molecule has 0 fully saturated rings. The van der Waals surface area contributed by atoms with Crippen LogP contribution >= 0.6 is 11.8 Å². The summed E-state index contributed by atoms with van der Waals surface area (Å²) in [5.74, 6) is 1.50. The van der Waals surface area contributed by atoms with Gasteiger partial charge in [-0.2, -0.15) is 0 Å². The van der Waals surface area contributed by atoms with E-state index in [9.17, 15) is 0 Å². The lowest BCUT2D eigenvalue weighted by atomic mass is 10.2. The van der Waals surface area contributed by atoms with Crippen LogP contribution in [0.25, 0.3) is 0 Å². The maximum atomic E-state index is 5.91. The highest BCUT2D eigenvalue weighted by atomic mass is 32.2. The smallest absolute Gasteiger partial charge is 0.219 e. The van der Waals surface area contributed by atoms with Gasteiger partial charge < -0.3 is 10.1 Å². The van der Waals surface area contributed by atoms with Crippen LogP contribution in [0.1, 0.15) is 24.6 Å². The van der Waals surface area contributed by atoms with Crippen molar-refractivity contribution in [3.05, 3.63) is 47.7 Å². The van der Waals surface area contributed by atoms with Crippen molar-refractivity contribution in [2.45, 2.75) is 31.7 Å². The summed E-state index contributed by atoms with van der Waals surface area (Å²) in [5, 5.41) is 3.40. The third-order valence-corrected chi connectivity index (χ3v) is 3.97. The number of aryl methyl sites for hydroxylation is 1. The number of hydrogen-bond acceptors (Lipinski definition) is 4. The third kappa shape index (κ3) is 4.48. The van der Waals surface area contributed by atoms with Gasteiger partial charge in [-0.3, -0.25) is 0 Å². The molecule has 112 valence electrons. The van der Waals surface area contributed by atoms with Gasteiger partial charge >= 0.3 is 0 Å². The second kappa shape index (κ2) is 8.05. The summed E-state index contributed by atoms with van der Waals surface area (Å²) in [6, 6.07) is 12.0. The number of hydrogen-bond donors (Lipinski definition) is 1. The minimum absolute atomic E-state index is 0.647. The molecule has 3 nitrogen and oxygen atoms in total. The molecular weight excluding hydrogens is 280 g/mol. The normalized spacial score (nSPS) is 10.6. The highest BCUT2D eigenvalue weighted by molar-refractivity contribution is 7.98. The van der Waals surface area contributed by atoms with Crippen LogP contribution < -0.4 is 10.1 Å². The van der Waals surface area contributed by atoms with Gasteiger partial charge in [0.25, 0.3) is 0 Å². The van der Waals surface area contributed by atoms with Crippen molar-refractivity contribution in [1.82, 2.24) is 10.3 Å². The zero-order valence-corrected chi connectivity index (χ0v) is 13.7. The largest absolute Gasteiger partial charge is 0.438 e. The van der Waals surface area contributed by atoms with Crippen LogP contribution in [0.2, 0.25) is 0 Å². The number of ether oxygens (including phenoxy) is 1. The van der Waals surface area contributed by atoms with Gasteiger partial charge in [0.1, 0.15) is 5.75 Å². The fourth-order valence-corrected chi connectivity index (χ4v) is 2.55. The molecule has 0 saturated carbocycles. The molecule has 0 saturated heterocycles. The predicted molar refractivity (Wildman–Crippen MR) is 89.3 cm³/mol. The Hall–Kier alpha value is -1.52. The molecule has 0 aliphatic carbocycles. The zero-order valence-electron chi connectivity index (χ0n) is 12.8. The molecule has 21 heavy (non-hydrogen) atoms. The van der Waals surface area contributed by atoms with Gasteiger partial charge in [-0.05, 0) is 43.8 Å². The minimum atomic E-state index is 0.647. The molecule has 1 N–H and O–H groups in total. The lowest BCUT2D eigenvalue weighted by Gasteiger charge is -2.11. The molecule has 0 aliphatic rings. The summed E-state index contributed by atoms with van der Waals surface area (Å²) in [6.07, 6.45) is 3.18. The molecule has 0 atom stereocenters. The lowest BCUT2D eigenvalue weighted by molar-refractivity contribution is 0.450. The Kier molecular flexibility index (Phi) is 6.08. The molecule has 0 unspecified atom stereocenters. The Morgan fingerprint density at radius 2 is 2.00 bits per heavy atom. The third-order valence-electron chi connectivity index (χ3n) is 3.20. The molecule has 0 aliphatic heterocycles. The van der Waals surface area contributed by atoms with Gasteiger partial charge in [0.2, 0.25) is 5.88 Å². The molecule has 2 aromatic rings. The van der Waals surface area contributed by atoms with Crippen molar-refractivity contribution < 1.29 is 4.74 Å². The van der Waals surface area contributed by atoms with Crippen molar-refractivity contribution in [1.29, 1.82) is 0 Å². The second-order valence-electron chi connectivity index (χ2n) is 4.82. The van der Waals surface area contributed by atoms with Crippen molar-refractivity contribution in [3.63, 3.8) is 0 Å². The van der Waals surface area contributed by atoms with Crippen LogP contribution in [0.3, 0.4) is 0 Å². The van der Waals surface area contributed by atoms with Crippen molar-refractivity contribution in [2.75, 3.05) is 12.8 Å². The van der Waals surface area contributed by atoms with E-state index in [1.165, 1.54) is 5.56 Å². The number of nitrogens with one attached hydrogen (secondary N) is 1. The molecule has 0 radical (unpaired) electrons. The van der Waals surface area contributed by atoms with Crippen LogP contribution in [0.5, 0.6) is 11.6 Å². The first-order chi connectivity index (χ1) is 10.2. The maximum Gasteiger partial charge on any atom is 0.219 e. The summed E-state index contributed by atoms with van der Waals surface area (Å²) in [6.45, 7) is 6.07. The van der Waals surface area contributed by atoms with Crippen LogP contribution in [0.4, 0.5) is 0 Å². The Balaban J connectivity index is 2.09. The Morgan fingerprint density at radius 3 is 2.71 bits per heavy atom. The Morgan fingerprint density at radius 1 is 1.19 bits per heavy atom. The average Bonchev–Trinajstić information content (AvgIpc) is 2.50. The lowest BCUT2D eigenvalue weighted by Crippen LogP contribution is -2.15. The van der Waals surface area contributed by atoms with Gasteiger partial charge in [-0.15, -0.1) is 11.8 Å². The second-order valence-corrected chi connectivity index (χ2v) is 5.67. The van der Waals surface area contributed by atoms with Gasteiger partial charge in [-0.1, -0.05) is 25.1 Å². The van der Waals surface area contributed by atoms with E-state index in [2.05, 4.69) is 29.4 Å². The molecule has 0 bridgehead atoms. The number of para-hydroxylation sites is 1. The topological polar surface area (TPSA) is 34.1 Å². The standard InChI is InChI=1S/C17H22N2OS/c1-4-11-18-12-14-9-10-17(19-13(14)2)20-15-7-5-6-8-16(15)21-3/h5-10,18H,4,11-12H2,1-3H3. The Labute approximate surface area is 131 Å². The van der Waals surface area contributed by atoms with Crippen molar-refractivity contribution in [2.24, 2.45) is 0 Å². The van der Waals surface area contributed by atoms with Crippen molar-refractivity contribution >= 4 is 11.8 Å². The Bertz CT molecular complexity index is 587. The van der Waals surface area contributed by atoms with Gasteiger partial charge in [-0.25, -0.2) is 4.98 Å². The molecule has 1 heterocycles. The first kappa shape index (κ1) is 15.9. The molecular formula is C17H22N2OS. The predicted octanol–water partition coefficient (Wildman–Crippen LogP) is 4.40. The molecule has 0 amide bonds. The molecule has 1 aromatic carbocycles. The summed E-state index contributed by atoms with van der Waals surface area (Å²) in [4.78, 5) is 5.67. The maximum absolute atomic E-state index is 5.91. The quantitative estimate of drug-likeness (QED) is 0.607. The van der Waals surface area contributed by atoms with Gasteiger partial charge in [0.15, 0.2) is 0 Å². The highest BCUT2D eigenvalue weighted by Crippen LogP contribution is 2.30. The number of benzene rings is 1. The average molecular weight is 302 g/mol. The monoisotopic (exact) mass is 302 g/mol. The van der Waals surface area contributed by atoms with Crippen LogP contribution in [-0.4, -0.2) is 17.8 Å². The van der Waals surface area contributed by atoms with E-state index in [0.717, 1.165) is 35.8 Å². The fraction of sp³-hybridized carbons (Fsp3) is 0.353. The van der Waals surface area contributed by atoms with E-state index in [-0.39, 0.29) is 0 Å². The summed E-state index contributed by atoms with van der Waals surface area (Å²) in [5.41, 5.74) is 2.23. The van der Waals surface area contributed by atoms with Gasteiger partial charge in [0, 0.05) is 23.2 Å². The number of pyridine rings is 1. The van der Waals surface area contributed by atoms with Crippen molar-refractivity contribution in [3.8, 4) is 11.6 Å². The fourth-order valence-electron chi connectivity index (χ4n) is 2.03.